The molecule has 0 aliphatic heterocycles. The van der Waals surface area contributed by atoms with E-state index in [1.165, 1.54) is 0 Å². The maximum atomic E-state index is 13.3. The minimum Gasteiger partial charge on any atom is -0.452 e. The molecule has 1 N–H and O–H groups in total. The molecule has 1 heterocycles. The zero-order valence-electron chi connectivity index (χ0n) is 10.0. The van der Waals surface area contributed by atoms with Gasteiger partial charge < -0.3 is 9.73 Å². The number of furan rings is 1. The highest BCUT2D eigenvalue weighted by molar-refractivity contribution is 9.10. The Kier molecular flexibility index (Phi) is 4.31. The quantitative estimate of drug-likeness (QED) is 0.850. The summed E-state index contributed by atoms with van der Waals surface area (Å²) in [6.45, 7) is 2.41. The van der Waals surface area contributed by atoms with Crippen molar-refractivity contribution in [3.63, 3.8) is 0 Å². The van der Waals surface area contributed by atoms with Gasteiger partial charge in [0.25, 0.3) is 0 Å². The van der Waals surface area contributed by atoms with Gasteiger partial charge in [-0.1, -0.05) is 6.92 Å². The second kappa shape index (κ2) is 5.79. The van der Waals surface area contributed by atoms with E-state index in [9.17, 15) is 13.2 Å². The third-order valence-electron chi connectivity index (χ3n) is 2.63. The fraction of sp³-hybridized carbons (Fsp3) is 0.231. The van der Waals surface area contributed by atoms with Gasteiger partial charge in [0.2, 0.25) is 0 Å². The summed E-state index contributed by atoms with van der Waals surface area (Å²) in [5.41, 5.74) is 0.264. The van der Waals surface area contributed by atoms with E-state index in [2.05, 4.69) is 21.2 Å². The van der Waals surface area contributed by atoms with E-state index in [0.717, 1.165) is 12.1 Å². The predicted octanol–water partition coefficient (Wildman–Crippen LogP) is 4.16. The van der Waals surface area contributed by atoms with Gasteiger partial charge in [0.1, 0.15) is 5.76 Å². The molecular weight excluding hydrogens is 323 g/mol. The summed E-state index contributed by atoms with van der Waals surface area (Å²) in [6.07, 6.45) is 0. The molecule has 0 saturated heterocycles. The fourth-order valence-electron chi connectivity index (χ4n) is 1.81. The molecule has 2 rings (SSSR count). The Bertz CT molecular complexity index is 562. The largest absolute Gasteiger partial charge is 0.452 e. The van der Waals surface area contributed by atoms with Crippen LogP contribution in [0.3, 0.4) is 0 Å². The average Bonchev–Trinajstić information content (AvgIpc) is 2.79. The monoisotopic (exact) mass is 333 g/mol. The standard InChI is InChI=1S/C13H11BrF3NO/c1-2-18-13(10-3-4-11(14)19-10)7-5-8(15)12(17)9(16)6-7/h3-6,13,18H,2H2,1H3. The lowest BCUT2D eigenvalue weighted by molar-refractivity contribution is 0.423. The van der Waals surface area contributed by atoms with Gasteiger partial charge in [-0.05, 0) is 52.3 Å². The van der Waals surface area contributed by atoms with Crippen LogP contribution in [-0.4, -0.2) is 6.54 Å². The summed E-state index contributed by atoms with van der Waals surface area (Å²) < 4.78 is 45.4. The summed E-state index contributed by atoms with van der Waals surface area (Å²) in [4.78, 5) is 0. The third-order valence-corrected chi connectivity index (χ3v) is 3.05. The molecule has 0 radical (unpaired) electrons. The van der Waals surface area contributed by atoms with Crippen molar-refractivity contribution in [2.75, 3.05) is 6.54 Å². The van der Waals surface area contributed by atoms with Crippen LogP contribution < -0.4 is 5.32 Å². The minimum absolute atomic E-state index is 0.264. The molecule has 1 atom stereocenters. The van der Waals surface area contributed by atoms with Gasteiger partial charge in [0, 0.05) is 0 Å². The first-order chi connectivity index (χ1) is 9.02. The molecule has 1 aromatic carbocycles. The summed E-state index contributed by atoms with van der Waals surface area (Å²) in [5, 5.41) is 3.03. The molecule has 19 heavy (non-hydrogen) atoms. The van der Waals surface area contributed by atoms with Crippen molar-refractivity contribution in [1.82, 2.24) is 5.32 Å². The third kappa shape index (κ3) is 3.01. The lowest BCUT2D eigenvalue weighted by Crippen LogP contribution is -2.22. The van der Waals surface area contributed by atoms with Crippen molar-refractivity contribution in [3.8, 4) is 0 Å². The molecule has 0 aliphatic rings. The fourth-order valence-corrected chi connectivity index (χ4v) is 2.13. The van der Waals surface area contributed by atoms with Gasteiger partial charge in [-0.2, -0.15) is 0 Å². The summed E-state index contributed by atoms with van der Waals surface area (Å²) in [7, 11) is 0. The van der Waals surface area contributed by atoms with Crippen LogP contribution in [0.25, 0.3) is 0 Å². The van der Waals surface area contributed by atoms with E-state index in [0.29, 0.717) is 17.0 Å². The van der Waals surface area contributed by atoms with E-state index in [4.69, 9.17) is 4.42 Å². The van der Waals surface area contributed by atoms with E-state index in [-0.39, 0.29) is 5.56 Å². The van der Waals surface area contributed by atoms with Crippen LogP contribution in [0.15, 0.2) is 33.4 Å². The van der Waals surface area contributed by atoms with Crippen LogP contribution in [0.5, 0.6) is 0 Å². The molecule has 0 aliphatic carbocycles. The molecule has 102 valence electrons. The first kappa shape index (κ1) is 14.1. The molecule has 0 fully saturated rings. The normalized spacial score (nSPS) is 12.7. The molecule has 0 amide bonds. The van der Waals surface area contributed by atoms with Gasteiger partial charge in [-0.3, -0.25) is 0 Å². The van der Waals surface area contributed by atoms with Crippen LogP contribution in [-0.2, 0) is 0 Å². The molecule has 6 heteroatoms. The number of hydrogen-bond acceptors (Lipinski definition) is 2. The molecule has 0 bridgehead atoms. The number of hydrogen-bond donors (Lipinski definition) is 1. The van der Waals surface area contributed by atoms with Crippen molar-refractivity contribution >= 4 is 15.9 Å². The highest BCUT2D eigenvalue weighted by atomic mass is 79.9. The lowest BCUT2D eigenvalue weighted by Gasteiger charge is -2.16. The average molecular weight is 334 g/mol. The van der Waals surface area contributed by atoms with E-state index < -0.39 is 23.5 Å². The van der Waals surface area contributed by atoms with Crippen molar-refractivity contribution in [3.05, 3.63) is 57.7 Å². The Morgan fingerprint density at radius 1 is 1.21 bits per heavy atom. The summed E-state index contributed by atoms with van der Waals surface area (Å²) >= 11 is 3.16. The van der Waals surface area contributed by atoms with E-state index in [1.807, 2.05) is 6.92 Å². The molecule has 0 spiro atoms. The SMILES string of the molecule is CCNC(c1cc(F)c(F)c(F)c1)c1ccc(Br)o1. The van der Waals surface area contributed by atoms with Gasteiger partial charge in [-0.25, -0.2) is 13.2 Å². The minimum atomic E-state index is -1.47. The van der Waals surface area contributed by atoms with Gasteiger partial charge in [0.05, 0.1) is 6.04 Å². The topological polar surface area (TPSA) is 25.2 Å². The number of halogens is 4. The number of benzene rings is 1. The molecule has 1 unspecified atom stereocenters. The van der Waals surface area contributed by atoms with Crippen LogP contribution in [0.1, 0.15) is 24.3 Å². The van der Waals surface area contributed by atoms with Crippen LogP contribution in [0.2, 0.25) is 0 Å². The zero-order chi connectivity index (χ0) is 14.0. The van der Waals surface area contributed by atoms with E-state index >= 15 is 0 Å². The maximum Gasteiger partial charge on any atom is 0.194 e. The molecular formula is C13H11BrF3NO. The zero-order valence-corrected chi connectivity index (χ0v) is 11.6. The smallest absolute Gasteiger partial charge is 0.194 e. The summed E-state index contributed by atoms with van der Waals surface area (Å²) in [6, 6.07) is 4.73. The van der Waals surface area contributed by atoms with E-state index in [1.54, 1.807) is 12.1 Å². The Balaban J connectivity index is 2.44. The molecule has 0 saturated carbocycles. The molecule has 1 aromatic heterocycles. The van der Waals surface area contributed by atoms with Crippen molar-refractivity contribution in [2.45, 2.75) is 13.0 Å². The first-order valence-electron chi connectivity index (χ1n) is 5.66. The Hall–Kier alpha value is -1.27. The Morgan fingerprint density at radius 2 is 1.84 bits per heavy atom. The summed E-state index contributed by atoms with van der Waals surface area (Å²) in [5.74, 6) is -3.43. The van der Waals surface area contributed by atoms with Crippen LogP contribution in [0, 0.1) is 17.5 Å². The maximum absolute atomic E-state index is 13.3. The Labute approximate surface area is 116 Å². The van der Waals surface area contributed by atoms with Gasteiger partial charge in [0.15, 0.2) is 22.1 Å². The molecule has 2 nitrogen and oxygen atoms in total. The highest BCUT2D eigenvalue weighted by Crippen LogP contribution is 2.28. The van der Waals surface area contributed by atoms with Crippen molar-refractivity contribution in [2.24, 2.45) is 0 Å². The Morgan fingerprint density at radius 3 is 2.32 bits per heavy atom. The van der Waals surface area contributed by atoms with Crippen LogP contribution in [0.4, 0.5) is 13.2 Å². The van der Waals surface area contributed by atoms with Gasteiger partial charge in [-0.15, -0.1) is 0 Å². The van der Waals surface area contributed by atoms with Crippen molar-refractivity contribution in [1.29, 1.82) is 0 Å². The van der Waals surface area contributed by atoms with Crippen LogP contribution >= 0.6 is 15.9 Å². The lowest BCUT2D eigenvalue weighted by atomic mass is 10.0. The second-order valence-electron chi connectivity index (χ2n) is 3.93. The first-order valence-corrected chi connectivity index (χ1v) is 6.45. The molecule has 2 aromatic rings. The predicted molar refractivity (Wildman–Crippen MR) is 68.2 cm³/mol. The highest BCUT2D eigenvalue weighted by Gasteiger charge is 2.20. The van der Waals surface area contributed by atoms with Crippen molar-refractivity contribution < 1.29 is 17.6 Å². The number of rotatable bonds is 4. The number of nitrogens with one attached hydrogen (secondary N) is 1. The second-order valence-corrected chi connectivity index (χ2v) is 4.71. The van der Waals surface area contributed by atoms with Gasteiger partial charge >= 0.3 is 0 Å².